The predicted molar refractivity (Wildman–Crippen MR) is 203 cm³/mol. The molecule has 0 saturated carbocycles. The van der Waals surface area contributed by atoms with Crippen molar-refractivity contribution in [3.63, 3.8) is 0 Å². The van der Waals surface area contributed by atoms with E-state index >= 15 is 0 Å². The number of methoxy groups -OCH3 is 2. The average molecular weight is 718 g/mol. The third kappa shape index (κ3) is 13.3. The largest absolute Gasteiger partial charge is 0.444 e. The number of aliphatic hydroxyl groups is 2. The lowest BCUT2D eigenvalue weighted by molar-refractivity contribution is -0.127. The smallest absolute Gasteiger partial charge is 0.407 e. The molecular formula is C42H59N3O7. The van der Waals surface area contributed by atoms with Crippen LogP contribution in [0.1, 0.15) is 67.5 Å². The monoisotopic (exact) mass is 717 g/mol. The van der Waals surface area contributed by atoms with Gasteiger partial charge in [0.05, 0.1) is 37.5 Å². The number of carbonyl (C=O) groups excluding carboxylic acids is 2. The molecule has 0 aliphatic heterocycles. The molecule has 0 fully saturated rings. The van der Waals surface area contributed by atoms with Crippen LogP contribution in [0.15, 0.2) is 78.9 Å². The second-order valence-electron chi connectivity index (χ2n) is 14.9. The molecule has 2 amide bonds. The Balaban J connectivity index is 1.50. The summed E-state index contributed by atoms with van der Waals surface area (Å²) in [4.78, 5) is 29.4. The lowest BCUT2D eigenvalue weighted by atomic mass is 9.88. The van der Waals surface area contributed by atoms with E-state index in [1.54, 1.807) is 35.0 Å². The van der Waals surface area contributed by atoms with Gasteiger partial charge in [0.2, 0.25) is 5.91 Å². The first kappa shape index (κ1) is 41.0. The molecule has 0 bridgehead atoms. The minimum atomic E-state index is -1.07. The molecule has 0 radical (unpaired) electrons. The normalized spacial score (nSPS) is 17.3. The van der Waals surface area contributed by atoms with E-state index in [4.69, 9.17) is 14.2 Å². The zero-order valence-corrected chi connectivity index (χ0v) is 31.6. The molecule has 0 saturated heterocycles. The number of nitrogens with one attached hydrogen (secondary N) is 2. The van der Waals surface area contributed by atoms with Gasteiger partial charge in [0, 0.05) is 39.6 Å². The number of benzene rings is 3. The van der Waals surface area contributed by atoms with Crippen molar-refractivity contribution >= 4 is 12.0 Å². The fraction of sp³-hybridized carbons (Fsp3) is 0.524. The Hall–Kier alpha value is -3.80. The van der Waals surface area contributed by atoms with E-state index in [1.807, 2.05) is 54.6 Å². The van der Waals surface area contributed by atoms with Crippen LogP contribution >= 0.6 is 0 Å². The van der Waals surface area contributed by atoms with Crippen LogP contribution in [0.4, 0.5) is 4.79 Å². The number of fused-ring (bicyclic) bond motifs is 1. The van der Waals surface area contributed by atoms with Crippen molar-refractivity contribution in [2.75, 3.05) is 47.1 Å². The fourth-order valence-corrected chi connectivity index (χ4v) is 6.78. The van der Waals surface area contributed by atoms with Crippen molar-refractivity contribution in [2.45, 2.75) is 89.2 Å². The molecule has 284 valence electrons. The number of hydrogen-bond donors (Lipinski definition) is 4. The highest BCUT2D eigenvalue weighted by molar-refractivity contribution is 5.80. The van der Waals surface area contributed by atoms with Crippen LogP contribution in [0, 0.1) is 5.92 Å². The van der Waals surface area contributed by atoms with Gasteiger partial charge in [-0.25, -0.2) is 4.79 Å². The number of carbonyl (C=O) groups is 2. The number of amides is 2. The van der Waals surface area contributed by atoms with Gasteiger partial charge in [-0.15, -0.1) is 0 Å². The molecule has 5 atom stereocenters. The quantitative estimate of drug-likeness (QED) is 0.128. The van der Waals surface area contributed by atoms with Gasteiger partial charge in [-0.05, 0) is 87.2 Å². The van der Waals surface area contributed by atoms with Crippen LogP contribution in [0.2, 0.25) is 0 Å². The van der Waals surface area contributed by atoms with Gasteiger partial charge >= 0.3 is 6.09 Å². The van der Waals surface area contributed by atoms with Crippen LogP contribution in [0.25, 0.3) is 0 Å². The molecule has 4 N–H and O–H groups in total. The zero-order valence-electron chi connectivity index (χ0n) is 31.6. The molecular weight excluding hydrogens is 658 g/mol. The highest BCUT2D eigenvalue weighted by Crippen LogP contribution is 2.32. The van der Waals surface area contributed by atoms with Gasteiger partial charge in [-0.2, -0.15) is 0 Å². The molecule has 4 rings (SSSR count). The van der Waals surface area contributed by atoms with Gasteiger partial charge in [0.1, 0.15) is 5.60 Å². The molecule has 3 aromatic rings. The lowest BCUT2D eigenvalue weighted by Crippen LogP contribution is -2.48. The van der Waals surface area contributed by atoms with E-state index in [0.29, 0.717) is 32.5 Å². The predicted octanol–water partition coefficient (Wildman–Crippen LogP) is 5.03. The number of ether oxygens (including phenoxy) is 3. The number of nitrogens with zero attached hydrogens (tertiary/aromatic N) is 1. The van der Waals surface area contributed by atoms with E-state index in [1.165, 1.54) is 5.56 Å². The van der Waals surface area contributed by atoms with Crippen LogP contribution in [-0.2, 0) is 44.7 Å². The van der Waals surface area contributed by atoms with Gasteiger partial charge in [-0.1, -0.05) is 78.9 Å². The molecule has 10 heteroatoms. The Labute approximate surface area is 309 Å². The number of hydrogen-bond acceptors (Lipinski definition) is 8. The first-order valence-electron chi connectivity index (χ1n) is 18.5. The van der Waals surface area contributed by atoms with Crippen molar-refractivity contribution in [1.82, 2.24) is 15.5 Å². The van der Waals surface area contributed by atoms with E-state index in [2.05, 4.69) is 39.8 Å². The minimum Gasteiger partial charge on any atom is -0.444 e. The zero-order chi connectivity index (χ0) is 37.5. The molecule has 3 aromatic carbocycles. The first-order valence-corrected chi connectivity index (χ1v) is 18.5. The highest BCUT2D eigenvalue weighted by atomic mass is 16.6. The third-order valence-corrected chi connectivity index (χ3v) is 9.53. The highest BCUT2D eigenvalue weighted by Gasteiger charge is 2.35. The fourth-order valence-electron chi connectivity index (χ4n) is 6.78. The number of alkyl carbamates (subject to hydrolysis) is 1. The molecule has 10 nitrogen and oxygen atoms in total. The summed E-state index contributed by atoms with van der Waals surface area (Å²) < 4.78 is 16.1. The maximum atomic E-state index is 14.1. The average Bonchev–Trinajstić information content (AvgIpc) is 3.43. The molecule has 5 unspecified atom stereocenters. The molecule has 0 spiro atoms. The molecule has 52 heavy (non-hydrogen) atoms. The Morgan fingerprint density at radius 1 is 0.846 bits per heavy atom. The Morgan fingerprint density at radius 3 is 2.12 bits per heavy atom. The van der Waals surface area contributed by atoms with Crippen molar-refractivity contribution in [2.24, 2.45) is 5.92 Å². The third-order valence-electron chi connectivity index (χ3n) is 9.53. The van der Waals surface area contributed by atoms with E-state index in [-0.39, 0.29) is 12.3 Å². The van der Waals surface area contributed by atoms with Crippen molar-refractivity contribution in [3.05, 3.63) is 107 Å². The van der Waals surface area contributed by atoms with Gasteiger partial charge in [-0.3, -0.25) is 9.69 Å². The second-order valence-corrected chi connectivity index (χ2v) is 14.9. The summed E-state index contributed by atoms with van der Waals surface area (Å²) >= 11 is 0. The second kappa shape index (κ2) is 20.4. The Morgan fingerprint density at radius 2 is 1.46 bits per heavy atom. The van der Waals surface area contributed by atoms with Gasteiger partial charge < -0.3 is 35.1 Å². The summed E-state index contributed by atoms with van der Waals surface area (Å²) in [7, 11) is 3.43. The molecule has 1 aliphatic carbocycles. The summed E-state index contributed by atoms with van der Waals surface area (Å²) in [6.45, 7) is 9.38. The van der Waals surface area contributed by atoms with E-state index < -0.39 is 41.9 Å². The summed E-state index contributed by atoms with van der Waals surface area (Å²) in [5, 5.41) is 28.7. The van der Waals surface area contributed by atoms with Crippen molar-refractivity contribution in [3.8, 4) is 0 Å². The van der Waals surface area contributed by atoms with Crippen molar-refractivity contribution < 1.29 is 34.0 Å². The van der Waals surface area contributed by atoms with Crippen LogP contribution < -0.4 is 10.6 Å². The van der Waals surface area contributed by atoms with Gasteiger partial charge in [0.25, 0.3) is 0 Å². The molecule has 0 aromatic heterocycles. The summed E-state index contributed by atoms with van der Waals surface area (Å²) in [5.41, 5.74) is 4.31. The molecule has 1 aliphatic rings. The van der Waals surface area contributed by atoms with Gasteiger partial charge in [0.15, 0.2) is 0 Å². The SMILES string of the molecule is COCCN(CCCc1ccc(CC(CC(O)C(Cc2ccccc2)NC(=O)OC(C)(C)C)C(=O)NC2c3ccccc3CC2O)cc1)CCOC. The van der Waals surface area contributed by atoms with E-state index in [9.17, 15) is 19.8 Å². The van der Waals surface area contributed by atoms with E-state index in [0.717, 1.165) is 54.7 Å². The van der Waals surface area contributed by atoms with Crippen LogP contribution in [0.3, 0.4) is 0 Å². The molecule has 0 heterocycles. The maximum absolute atomic E-state index is 14.1. The van der Waals surface area contributed by atoms with Crippen LogP contribution in [0.5, 0.6) is 0 Å². The minimum absolute atomic E-state index is 0.0874. The number of aryl methyl sites for hydroxylation is 1. The van der Waals surface area contributed by atoms with Crippen LogP contribution in [-0.4, -0.2) is 98.0 Å². The Bertz CT molecular complexity index is 1500. The maximum Gasteiger partial charge on any atom is 0.407 e. The lowest BCUT2D eigenvalue weighted by Gasteiger charge is -2.30. The summed E-state index contributed by atoms with van der Waals surface area (Å²) in [6.07, 6.45) is 0.741. The topological polar surface area (TPSA) is 130 Å². The number of rotatable bonds is 20. The summed E-state index contributed by atoms with van der Waals surface area (Å²) in [5.74, 6) is -0.901. The number of aliphatic hydroxyl groups excluding tert-OH is 2. The Kier molecular flexibility index (Phi) is 16.1. The standard InChI is InChI=1S/C42H59N3O7/c1-42(2,3)52-41(49)43-36(27-31-12-7-6-8-13-31)37(46)29-34(40(48)44-39-35-16-10-9-15-33(35)28-38(39)47)26-32-19-17-30(18-20-32)14-11-21-45(22-24-50-4)23-25-51-5/h6-10,12-13,15-20,34,36-39,46-47H,11,14,21-29H2,1-5H3,(H,43,49)(H,44,48). The first-order chi connectivity index (χ1) is 25.0. The van der Waals surface area contributed by atoms with Crippen molar-refractivity contribution in [1.29, 1.82) is 0 Å². The summed E-state index contributed by atoms with van der Waals surface area (Å²) in [6, 6.07) is 24.4.